The van der Waals surface area contributed by atoms with E-state index < -0.39 is 157 Å². The molecule has 9 amide bonds. The van der Waals surface area contributed by atoms with Gasteiger partial charge in [-0.05, 0) is 102 Å². The highest BCUT2D eigenvalue weighted by atomic mass is 19.1. The molecule has 27 nitrogen and oxygen atoms in total. The predicted molar refractivity (Wildman–Crippen MR) is 336 cm³/mol. The van der Waals surface area contributed by atoms with Gasteiger partial charge in [-0.1, -0.05) is 67.6 Å². The number of pyridine rings is 2. The summed E-state index contributed by atoms with van der Waals surface area (Å²) in [6, 6.07) is 16.5. The Bertz CT molecular complexity index is 4000. The van der Waals surface area contributed by atoms with Gasteiger partial charge >= 0.3 is 18.0 Å². The second kappa shape index (κ2) is 28.6. The Balaban J connectivity index is 0.830. The minimum Gasteiger partial charge on any atom is -0.459 e. The molecule has 9 rings (SSSR count). The van der Waals surface area contributed by atoms with Gasteiger partial charge in [-0.25, -0.2) is 19.0 Å². The average molecular weight is 1310 g/mol. The minimum absolute atomic E-state index is 0.00373. The summed E-state index contributed by atoms with van der Waals surface area (Å²) in [5, 5.41) is 27.5. The molecule has 5 atom stereocenters. The number of hydrogen-bond acceptors (Lipinski definition) is 18. The largest absolute Gasteiger partial charge is 0.459 e. The van der Waals surface area contributed by atoms with Crippen LogP contribution in [0.15, 0.2) is 89.7 Å². The van der Waals surface area contributed by atoms with Crippen molar-refractivity contribution in [3.8, 4) is 11.4 Å². The lowest BCUT2D eigenvalue weighted by Gasteiger charge is -2.32. The summed E-state index contributed by atoms with van der Waals surface area (Å²) in [4.78, 5) is 168. The van der Waals surface area contributed by atoms with Crippen molar-refractivity contribution in [1.82, 2.24) is 51.3 Å². The molecule has 0 fully saturated rings. The predicted octanol–water partition coefficient (Wildman–Crippen LogP) is 2.28. The van der Waals surface area contributed by atoms with Crippen LogP contribution in [0.3, 0.4) is 0 Å². The summed E-state index contributed by atoms with van der Waals surface area (Å²) >= 11 is 0. The monoisotopic (exact) mass is 1310 g/mol. The fraction of sp³-hybridized carbons (Fsp3) is 0.418. The lowest BCUT2D eigenvalue weighted by atomic mass is 9.81. The zero-order valence-electron chi connectivity index (χ0n) is 53.7. The van der Waals surface area contributed by atoms with Crippen molar-refractivity contribution in [2.75, 3.05) is 39.5 Å². The first-order chi connectivity index (χ1) is 44.9. The first-order valence-corrected chi connectivity index (χ1v) is 30.9. The Morgan fingerprint density at radius 3 is 2.01 bits per heavy atom. The van der Waals surface area contributed by atoms with Crippen LogP contribution in [0, 0.1) is 12.7 Å². The highest BCUT2D eigenvalue weighted by Gasteiger charge is 2.47. The molecule has 0 saturated carbocycles. The number of aromatic nitrogens is 2. The maximum Gasteiger partial charge on any atom is 0.410 e. The lowest BCUT2D eigenvalue weighted by molar-refractivity contribution is -0.172. The Morgan fingerprint density at radius 1 is 0.768 bits per heavy atom. The fourth-order valence-electron chi connectivity index (χ4n) is 11.7. The number of nitrogens with one attached hydrogen (secondary N) is 6. The van der Waals surface area contributed by atoms with E-state index in [-0.39, 0.29) is 49.1 Å². The highest BCUT2D eigenvalue weighted by Crippen LogP contribution is 2.46. The van der Waals surface area contributed by atoms with E-state index in [1.807, 2.05) is 0 Å². The third-order valence-corrected chi connectivity index (χ3v) is 16.3. The molecular weight excluding hydrogens is 1240 g/mol. The minimum atomic E-state index is -2.10. The van der Waals surface area contributed by atoms with Gasteiger partial charge in [-0.15, -0.1) is 0 Å². The summed E-state index contributed by atoms with van der Waals surface area (Å²) in [5.41, 5.74) is 0.0522. The maximum atomic E-state index is 15.7. The quantitative estimate of drug-likeness (QED) is 0.0198. The topological polar surface area (TPSA) is 358 Å². The highest BCUT2D eigenvalue weighted by molar-refractivity contribution is 6.15. The molecule has 0 spiro atoms. The number of carbonyl (C=O) groups excluding carboxylic acids is 11. The molecule has 0 saturated heterocycles. The molecule has 28 heteroatoms. The van der Waals surface area contributed by atoms with Gasteiger partial charge in [0, 0.05) is 47.6 Å². The molecule has 3 aliphatic heterocycles. The number of fused-ring (bicyclic) bond motifs is 5. The van der Waals surface area contributed by atoms with Crippen LogP contribution in [0.25, 0.3) is 22.3 Å². The summed E-state index contributed by atoms with van der Waals surface area (Å²) in [7, 11) is 0. The fourth-order valence-corrected chi connectivity index (χ4v) is 11.7. The number of esters is 2. The van der Waals surface area contributed by atoms with Crippen molar-refractivity contribution in [3.05, 3.63) is 146 Å². The molecule has 5 aromatic rings. The van der Waals surface area contributed by atoms with Crippen molar-refractivity contribution >= 4 is 76.2 Å². The van der Waals surface area contributed by atoms with Crippen molar-refractivity contribution in [3.63, 3.8) is 0 Å². The second-order valence-corrected chi connectivity index (χ2v) is 25.4. The van der Waals surface area contributed by atoms with E-state index >= 15 is 4.39 Å². The Labute approximate surface area is 544 Å². The van der Waals surface area contributed by atoms with Crippen LogP contribution >= 0.6 is 0 Å². The smallest absolute Gasteiger partial charge is 0.410 e. The number of amides is 9. The standard InChI is InChI=1S/C67H75FN10O17/c1-9-67(91)42-26-47-58-40(31-77(47)62(88)41(42)34-92-63(67)89)57-44(21-20-39-36(2)43(68)27-45(74-58)56(39)57)75-61(87)49(25-38-18-14-11-15-19-38)93-35-72-51(80)29-70-59(85)46(24-37-16-12-10-13-17-37)73-52(81)30-69-50(79)28-71-60(86)48(78-53(82)22-23-54(78)83)32-76(64(90)95-66(6,7)8)33-55(84)94-65(3,4)5/h10-19,22-23,26-27,44,46,48-49,91H,9,20-21,24-25,28-35H2,1-8H3,(H,69,79)(H,70,85)(H,71,86)(H,72,80)(H,73,81)(H,75,87)/t44-,46-,48-,49-,67-/m0/s1. The number of ether oxygens (including phenoxy) is 4. The van der Waals surface area contributed by atoms with Gasteiger partial charge < -0.3 is 60.5 Å². The normalized spacial score (nSPS) is 17.1. The summed E-state index contributed by atoms with van der Waals surface area (Å²) in [6.45, 7) is 8.14. The van der Waals surface area contributed by atoms with Crippen LogP contribution in [-0.2, 0) is 105 Å². The summed E-state index contributed by atoms with van der Waals surface area (Å²) in [5.74, 6) is -9.17. The van der Waals surface area contributed by atoms with E-state index in [9.17, 15) is 62.6 Å². The van der Waals surface area contributed by atoms with Gasteiger partial charge in [-0.2, -0.15) is 0 Å². The maximum absolute atomic E-state index is 15.7. The molecule has 0 bridgehead atoms. The number of carbonyl (C=O) groups is 11. The third-order valence-electron chi connectivity index (χ3n) is 16.3. The Kier molecular flexibility index (Phi) is 20.8. The van der Waals surface area contributed by atoms with Crippen LogP contribution in [0.5, 0.6) is 0 Å². The van der Waals surface area contributed by atoms with Crippen LogP contribution in [0.1, 0.15) is 112 Å². The number of aliphatic hydroxyl groups is 1. The molecule has 5 heterocycles. The lowest BCUT2D eigenvalue weighted by Crippen LogP contribution is -2.57. The number of hydrogen-bond donors (Lipinski definition) is 7. The van der Waals surface area contributed by atoms with Crippen LogP contribution < -0.4 is 37.5 Å². The SMILES string of the molecule is CC[C@@]1(O)C(=O)OCc2c1cc1n(c2=O)Cc2c-1nc1cc(F)c(C)c3c1c2[C@@H](NC(=O)[C@H](Cc1ccccc1)OCNC(=O)CNC(=O)[C@H](Cc1ccccc1)NC(=O)CNC(=O)CNC(=O)[C@H](CN(CC(=O)OC(C)(C)C)C(=O)OC(C)(C)C)N1C(=O)C=CC1=O)CC3. The molecule has 3 aromatic carbocycles. The number of rotatable bonds is 24. The number of halogens is 1. The van der Waals surface area contributed by atoms with Crippen LogP contribution in [0.4, 0.5) is 9.18 Å². The number of aryl methyl sites for hydroxylation is 1. The molecule has 502 valence electrons. The molecule has 7 N–H and O–H groups in total. The van der Waals surface area contributed by atoms with E-state index in [0.717, 1.165) is 17.1 Å². The van der Waals surface area contributed by atoms with Crippen molar-refractivity contribution in [1.29, 1.82) is 0 Å². The Hall–Kier alpha value is -10.2. The summed E-state index contributed by atoms with van der Waals surface area (Å²) < 4.78 is 39.3. The molecule has 1 aliphatic carbocycles. The van der Waals surface area contributed by atoms with E-state index in [1.54, 1.807) is 122 Å². The van der Waals surface area contributed by atoms with Crippen molar-refractivity contribution < 1.29 is 81.2 Å². The summed E-state index contributed by atoms with van der Waals surface area (Å²) in [6.07, 6.45) is 0.0186. The second-order valence-electron chi connectivity index (χ2n) is 25.4. The van der Waals surface area contributed by atoms with Gasteiger partial charge in [0.1, 0.15) is 55.1 Å². The van der Waals surface area contributed by atoms with Crippen molar-refractivity contribution in [2.45, 2.75) is 142 Å². The molecule has 0 radical (unpaired) electrons. The molecule has 4 aliphatic rings. The van der Waals surface area contributed by atoms with E-state index in [4.69, 9.17) is 23.9 Å². The molecule has 0 unspecified atom stereocenters. The van der Waals surface area contributed by atoms with E-state index in [2.05, 4.69) is 31.9 Å². The third kappa shape index (κ3) is 16.1. The zero-order valence-corrected chi connectivity index (χ0v) is 53.7. The molecular formula is C67H75FN10O17. The number of nitrogens with zero attached hydrogens (tertiary/aromatic N) is 4. The van der Waals surface area contributed by atoms with Gasteiger partial charge in [-0.3, -0.25) is 57.7 Å². The Morgan fingerprint density at radius 2 is 1.38 bits per heavy atom. The number of benzene rings is 3. The first-order valence-electron chi connectivity index (χ1n) is 30.9. The van der Waals surface area contributed by atoms with Gasteiger partial charge in [0.15, 0.2) is 5.60 Å². The number of imide groups is 1. The number of cyclic esters (lactones) is 1. The van der Waals surface area contributed by atoms with Gasteiger partial charge in [0.25, 0.3) is 17.4 Å². The molecule has 95 heavy (non-hydrogen) atoms. The van der Waals surface area contributed by atoms with E-state index in [0.29, 0.717) is 67.9 Å². The van der Waals surface area contributed by atoms with E-state index in [1.165, 1.54) is 10.6 Å². The van der Waals surface area contributed by atoms with Crippen molar-refractivity contribution in [2.24, 2.45) is 0 Å². The van der Waals surface area contributed by atoms with Crippen LogP contribution in [-0.4, -0.2) is 159 Å². The first kappa shape index (κ1) is 69.1. The van der Waals surface area contributed by atoms with Gasteiger partial charge in [0.2, 0.25) is 35.4 Å². The van der Waals surface area contributed by atoms with Gasteiger partial charge in [0.05, 0.1) is 61.2 Å². The van der Waals surface area contributed by atoms with Crippen LogP contribution in [0.2, 0.25) is 0 Å². The average Bonchev–Trinajstić information content (AvgIpc) is 1.61. The molecule has 2 aromatic heterocycles. The zero-order chi connectivity index (χ0) is 68.8.